The Morgan fingerprint density at radius 1 is 1.23 bits per heavy atom. The van der Waals surface area contributed by atoms with Crippen LogP contribution >= 0.6 is 12.4 Å². The fourth-order valence-corrected chi connectivity index (χ4v) is 3.14. The first kappa shape index (κ1) is 22.3. The second kappa shape index (κ2) is 11.0. The van der Waals surface area contributed by atoms with E-state index in [4.69, 9.17) is 4.74 Å². The minimum atomic E-state index is -0.0227. The average molecular weight is 384 g/mol. The molecule has 6 nitrogen and oxygen atoms in total. The molecule has 146 valence electrons. The summed E-state index contributed by atoms with van der Waals surface area (Å²) in [5.74, 6) is 1.02. The van der Waals surface area contributed by atoms with Crippen molar-refractivity contribution >= 4 is 24.2 Å². The number of carbonyl (C=O) groups excluding carboxylic acids is 2. The van der Waals surface area contributed by atoms with Crippen molar-refractivity contribution in [3.8, 4) is 5.75 Å². The van der Waals surface area contributed by atoms with E-state index < -0.39 is 0 Å². The summed E-state index contributed by atoms with van der Waals surface area (Å²) in [6.07, 6.45) is 1.46. The van der Waals surface area contributed by atoms with Gasteiger partial charge in [0.25, 0.3) is 0 Å². The molecule has 0 bridgehead atoms. The Balaban J connectivity index is 0.00000338. The van der Waals surface area contributed by atoms with Gasteiger partial charge in [-0.15, -0.1) is 12.4 Å². The van der Waals surface area contributed by atoms with E-state index in [-0.39, 0.29) is 36.1 Å². The Labute approximate surface area is 162 Å². The lowest BCUT2D eigenvalue weighted by atomic mass is 9.95. The number of likely N-dealkylation sites (tertiary alicyclic amines) is 1. The highest BCUT2D eigenvalue weighted by Gasteiger charge is 2.28. The largest absolute Gasteiger partial charge is 0.497 e. The summed E-state index contributed by atoms with van der Waals surface area (Å²) in [6, 6.07) is 7.67. The number of nitrogens with one attached hydrogen (secondary N) is 2. The minimum absolute atomic E-state index is 0. The zero-order chi connectivity index (χ0) is 18.2. The van der Waals surface area contributed by atoms with Crippen LogP contribution in [0.2, 0.25) is 0 Å². The summed E-state index contributed by atoms with van der Waals surface area (Å²) in [4.78, 5) is 26.5. The number of methoxy groups -OCH3 is 1. The standard InChI is InChI=1S/C19H29N3O3.ClH/c1-14(12-20-2)19(24)22-10-8-16(9-11-22)18(23)21-13-15-4-6-17(25-3)7-5-15;/h4-7,14,16,20H,8-13H2,1-3H3,(H,21,23);1H. The molecule has 1 aliphatic rings. The van der Waals surface area contributed by atoms with Crippen LogP contribution in [-0.4, -0.2) is 50.5 Å². The van der Waals surface area contributed by atoms with Crippen LogP contribution in [-0.2, 0) is 16.1 Å². The van der Waals surface area contributed by atoms with Crippen LogP contribution in [0.25, 0.3) is 0 Å². The fraction of sp³-hybridized carbons (Fsp3) is 0.579. The van der Waals surface area contributed by atoms with Crippen LogP contribution < -0.4 is 15.4 Å². The molecule has 0 spiro atoms. The fourth-order valence-electron chi connectivity index (χ4n) is 3.14. The Morgan fingerprint density at radius 3 is 2.38 bits per heavy atom. The molecule has 2 rings (SSSR count). The topological polar surface area (TPSA) is 70.7 Å². The van der Waals surface area contributed by atoms with E-state index in [0.29, 0.717) is 26.2 Å². The molecule has 1 fully saturated rings. The van der Waals surface area contributed by atoms with Crippen molar-refractivity contribution in [2.24, 2.45) is 11.8 Å². The van der Waals surface area contributed by atoms with Gasteiger partial charge in [-0.1, -0.05) is 19.1 Å². The molecule has 2 N–H and O–H groups in total. The van der Waals surface area contributed by atoms with Gasteiger partial charge in [0.05, 0.1) is 7.11 Å². The number of carbonyl (C=O) groups is 2. The molecule has 0 aliphatic carbocycles. The van der Waals surface area contributed by atoms with Crippen molar-refractivity contribution in [2.75, 3.05) is 33.8 Å². The average Bonchev–Trinajstić information content (AvgIpc) is 2.66. The van der Waals surface area contributed by atoms with E-state index in [9.17, 15) is 9.59 Å². The molecule has 1 unspecified atom stereocenters. The first-order valence-corrected chi connectivity index (χ1v) is 8.89. The van der Waals surface area contributed by atoms with E-state index in [1.165, 1.54) is 0 Å². The third kappa shape index (κ3) is 6.18. The number of hydrogen-bond acceptors (Lipinski definition) is 4. The summed E-state index contributed by atoms with van der Waals surface area (Å²) in [5, 5.41) is 6.03. The van der Waals surface area contributed by atoms with Crippen LogP contribution in [0.5, 0.6) is 5.75 Å². The van der Waals surface area contributed by atoms with Gasteiger partial charge in [-0.3, -0.25) is 9.59 Å². The molecule has 2 amide bonds. The molecule has 1 aliphatic heterocycles. The van der Waals surface area contributed by atoms with Crippen LogP contribution in [0.3, 0.4) is 0 Å². The molecular weight excluding hydrogens is 354 g/mol. The number of nitrogens with zero attached hydrogens (tertiary/aromatic N) is 1. The van der Waals surface area contributed by atoms with Gasteiger partial charge in [0.2, 0.25) is 11.8 Å². The zero-order valence-corrected chi connectivity index (χ0v) is 16.6. The lowest BCUT2D eigenvalue weighted by molar-refractivity contribution is -0.138. The molecule has 0 radical (unpaired) electrons. The van der Waals surface area contributed by atoms with Crippen LogP contribution in [0.15, 0.2) is 24.3 Å². The maximum atomic E-state index is 12.4. The lowest BCUT2D eigenvalue weighted by Gasteiger charge is -2.33. The zero-order valence-electron chi connectivity index (χ0n) is 15.8. The molecule has 1 aromatic rings. The number of halogens is 1. The summed E-state index contributed by atoms with van der Waals surface area (Å²) in [5.41, 5.74) is 1.04. The maximum absolute atomic E-state index is 12.4. The number of hydrogen-bond donors (Lipinski definition) is 2. The van der Waals surface area contributed by atoms with E-state index >= 15 is 0 Å². The first-order valence-electron chi connectivity index (χ1n) is 8.89. The van der Waals surface area contributed by atoms with E-state index in [0.717, 1.165) is 24.2 Å². The number of amides is 2. The van der Waals surface area contributed by atoms with E-state index in [1.807, 2.05) is 43.1 Å². The van der Waals surface area contributed by atoms with Crippen molar-refractivity contribution in [2.45, 2.75) is 26.3 Å². The van der Waals surface area contributed by atoms with Gasteiger partial charge in [-0.2, -0.15) is 0 Å². The van der Waals surface area contributed by atoms with Gasteiger partial charge in [0.15, 0.2) is 0 Å². The van der Waals surface area contributed by atoms with Crippen molar-refractivity contribution in [1.82, 2.24) is 15.5 Å². The Bertz CT molecular complexity index is 572. The highest BCUT2D eigenvalue weighted by molar-refractivity contribution is 5.85. The van der Waals surface area contributed by atoms with Gasteiger partial charge >= 0.3 is 0 Å². The summed E-state index contributed by atoms with van der Waals surface area (Å²) in [6.45, 7) is 4.45. The molecule has 1 saturated heterocycles. The Morgan fingerprint density at radius 2 is 1.85 bits per heavy atom. The second-order valence-electron chi connectivity index (χ2n) is 6.62. The lowest BCUT2D eigenvalue weighted by Crippen LogP contribution is -2.45. The molecule has 1 atom stereocenters. The number of benzene rings is 1. The second-order valence-corrected chi connectivity index (χ2v) is 6.62. The third-order valence-electron chi connectivity index (χ3n) is 4.74. The number of piperidine rings is 1. The predicted molar refractivity (Wildman–Crippen MR) is 104 cm³/mol. The van der Waals surface area contributed by atoms with Crippen LogP contribution in [0.1, 0.15) is 25.3 Å². The molecule has 0 saturated carbocycles. The molecular formula is C19H30ClN3O3. The Hall–Kier alpha value is -1.79. The predicted octanol–water partition coefficient (Wildman–Crippen LogP) is 1.83. The number of ether oxygens (including phenoxy) is 1. The molecule has 7 heteroatoms. The summed E-state index contributed by atoms with van der Waals surface area (Å²) < 4.78 is 5.13. The highest BCUT2D eigenvalue weighted by Crippen LogP contribution is 2.19. The molecule has 0 aromatic heterocycles. The van der Waals surface area contributed by atoms with Gasteiger partial charge in [0, 0.05) is 38.0 Å². The summed E-state index contributed by atoms with van der Waals surface area (Å²) >= 11 is 0. The molecule has 1 heterocycles. The minimum Gasteiger partial charge on any atom is -0.497 e. The SMILES string of the molecule is CNCC(C)C(=O)N1CCC(C(=O)NCc2ccc(OC)cc2)CC1.Cl. The van der Waals surface area contributed by atoms with Crippen molar-refractivity contribution in [3.63, 3.8) is 0 Å². The first-order chi connectivity index (χ1) is 12.0. The third-order valence-corrected chi connectivity index (χ3v) is 4.74. The monoisotopic (exact) mass is 383 g/mol. The van der Waals surface area contributed by atoms with Gasteiger partial charge in [-0.05, 0) is 37.6 Å². The normalized spacial score (nSPS) is 15.7. The quantitative estimate of drug-likeness (QED) is 0.753. The van der Waals surface area contributed by atoms with Crippen molar-refractivity contribution < 1.29 is 14.3 Å². The van der Waals surface area contributed by atoms with Crippen molar-refractivity contribution in [1.29, 1.82) is 0 Å². The molecule has 26 heavy (non-hydrogen) atoms. The van der Waals surface area contributed by atoms with Gasteiger partial charge in [-0.25, -0.2) is 0 Å². The maximum Gasteiger partial charge on any atom is 0.226 e. The van der Waals surface area contributed by atoms with Crippen LogP contribution in [0.4, 0.5) is 0 Å². The van der Waals surface area contributed by atoms with E-state index in [2.05, 4.69) is 10.6 Å². The van der Waals surface area contributed by atoms with Gasteiger partial charge < -0.3 is 20.3 Å². The Kier molecular flexibility index (Phi) is 9.44. The smallest absolute Gasteiger partial charge is 0.226 e. The van der Waals surface area contributed by atoms with Crippen molar-refractivity contribution in [3.05, 3.63) is 29.8 Å². The van der Waals surface area contributed by atoms with Gasteiger partial charge in [0.1, 0.15) is 5.75 Å². The van der Waals surface area contributed by atoms with Crippen LogP contribution in [0, 0.1) is 11.8 Å². The van der Waals surface area contributed by atoms with E-state index in [1.54, 1.807) is 7.11 Å². The number of rotatable bonds is 7. The summed E-state index contributed by atoms with van der Waals surface area (Å²) in [7, 11) is 3.48. The highest BCUT2D eigenvalue weighted by atomic mass is 35.5. The molecule has 1 aromatic carbocycles.